The first-order chi connectivity index (χ1) is 15.5. The summed E-state index contributed by atoms with van der Waals surface area (Å²) >= 11 is 0. The van der Waals surface area contributed by atoms with Gasteiger partial charge in [0.15, 0.2) is 0 Å². The lowest BCUT2D eigenvalue weighted by molar-refractivity contribution is -0.119. The van der Waals surface area contributed by atoms with Crippen molar-refractivity contribution in [3.63, 3.8) is 0 Å². The van der Waals surface area contributed by atoms with E-state index in [-0.39, 0.29) is 17.2 Å². The summed E-state index contributed by atoms with van der Waals surface area (Å²) in [6.45, 7) is 1.90. The van der Waals surface area contributed by atoms with Crippen molar-refractivity contribution in [1.82, 2.24) is 15.0 Å². The maximum atomic E-state index is 15.1. The van der Waals surface area contributed by atoms with Crippen molar-refractivity contribution < 1.29 is 13.6 Å². The Hall–Kier alpha value is -3.15. The van der Waals surface area contributed by atoms with Gasteiger partial charge in [-0.2, -0.15) is 0 Å². The molecule has 0 bridgehead atoms. The lowest BCUT2D eigenvalue weighted by Gasteiger charge is -2.15. The fourth-order valence-electron chi connectivity index (χ4n) is 5.02. The molecule has 1 aromatic heterocycles. The van der Waals surface area contributed by atoms with Crippen molar-refractivity contribution in [3.8, 4) is 22.4 Å². The van der Waals surface area contributed by atoms with Crippen LogP contribution in [0.5, 0.6) is 0 Å². The van der Waals surface area contributed by atoms with E-state index in [0.29, 0.717) is 36.5 Å². The molecule has 0 N–H and O–H groups in total. The average molecular weight is 434 g/mol. The molecule has 3 aromatic rings. The van der Waals surface area contributed by atoms with Crippen LogP contribution >= 0.6 is 0 Å². The van der Waals surface area contributed by atoms with E-state index >= 15 is 4.39 Å². The van der Waals surface area contributed by atoms with Gasteiger partial charge < -0.3 is 0 Å². The van der Waals surface area contributed by atoms with Gasteiger partial charge in [0.25, 0.3) is 0 Å². The Kier molecular flexibility index (Phi) is 5.45. The summed E-state index contributed by atoms with van der Waals surface area (Å²) in [4.78, 5) is 11.8. The first-order valence-corrected chi connectivity index (χ1v) is 11.2. The summed E-state index contributed by atoms with van der Waals surface area (Å²) in [5.74, 6) is -0.236. The molecule has 1 fully saturated rings. The fourth-order valence-corrected chi connectivity index (χ4v) is 5.02. The first kappa shape index (κ1) is 20.7. The Morgan fingerprint density at radius 2 is 1.97 bits per heavy atom. The second-order valence-electron chi connectivity index (χ2n) is 8.83. The van der Waals surface area contributed by atoms with Gasteiger partial charge >= 0.3 is 0 Å². The number of allylic oxidation sites excluding steroid dienone is 1. The normalized spacial score (nSPS) is 19.5. The minimum Gasteiger partial charge on any atom is -0.300 e. The van der Waals surface area contributed by atoms with E-state index in [2.05, 4.69) is 10.3 Å². The van der Waals surface area contributed by atoms with Crippen LogP contribution in [0.15, 0.2) is 42.6 Å². The molecule has 164 valence electrons. The number of ketones is 1. The summed E-state index contributed by atoms with van der Waals surface area (Å²) < 4.78 is 31.7. The largest absolute Gasteiger partial charge is 0.300 e. The van der Waals surface area contributed by atoms with Crippen LogP contribution in [0.25, 0.3) is 28.5 Å². The van der Waals surface area contributed by atoms with E-state index in [1.54, 1.807) is 24.4 Å². The Labute approximate surface area is 186 Å². The summed E-state index contributed by atoms with van der Waals surface area (Å²) in [7, 11) is 0. The predicted molar refractivity (Wildman–Crippen MR) is 120 cm³/mol. The van der Waals surface area contributed by atoms with Crippen LogP contribution in [-0.4, -0.2) is 20.8 Å². The molecule has 0 spiro atoms. The van der Waals surface area contributed by atoms with E-state index in [1.165, 1.54) is 12.1 Å². The minimum absolute atomic E-state index is 0.144. The number of rotatable bonds is 6. The number of aromatic nitrogens is 3. The van der Waals surface area contributed by atoms with Crippen molar-refractivity contribution in [1.29, 1.82) is 0 Å². The minimum atomic E-state index is -0.478. The molecular formula is C26H25F2N3O. The van der Waals surface area contributed by atoms with Gasteiger partial charge in [-0.3, -0.25) is 4.79 Å². The monoisotopic (exact) mass is 433 g/mol. The zero-order valence-corrected chi connectivity index (χ0v) is 18.0. The number of nitrogens with zero attached hydrogens (tertiary/aromatic N) is 3. The SMILES string of the molecule is CCC(=O)C[C@H]1CC[C@@H](n2nncc2-c2ccc(-c3cc4c(cc3F)CC=C4)c(F)c2)C1. The van der Waals surface area contributed by atoms with Gasteiger partial charge in [0.2, 0.25) is 0 Å². The molecule has 6 heteroatoms. The Morgan fingerprint density at radius 3 is 2.78 bits per heavy atom. The Bertz CT molecular complexity index is 1210. The van der Waals surface area contributed by atoms with E-state index < -0.39 is 11.6 Å². The molecule has 2 aromatic carbocycles. The number of Topliss-reactive ketones (excluding diaryl/α,β-unsaturated/α-hetero) is 1. The van der Waals surface area contributed by atoms with Crippen LogP contribution in [-0.2, 0) is 11.2 Å². The van der Waals surface area contributed by atoms with Crippen molar-refractivity contribution in [3.05, 3.63) is 65.4 Å². The van der Waals surface area contributed by atoms with E-state index in [1.807, 2.05) is 23.8 Å². The smallest absolute Gasteiger partial charge is 0.132 e. The van der Waals surface area contributed by atoms with Gasteiger partial charge in [-0.25, -0.2) is 13.5 Å². The lowest BCUT2D eigenvalue weighted by Crippen LogP contribution is -2.10. The van der Waals surface area contributed by atoms with Crippen LogP contribution in [0, 0.1) is 17.6 Å². The van der Waals surface area contributed by atoms with E-state index in [9.17, 15) is 9.18 Å². The molecule has 2 aliphatic rings. The van der Waals surface area contributed by atoms with Gasteiger partial charge in [-0.05, 0) is 60.9 Å². The van der Waals surface area contributed by atoms with E-state index in [4.69, 9.17) is 0 Å². The highest BCUT2D eigenvalue weighted by molar-refractivity contribution is 5.78. The number of carbonyl (C=O) groups excluding carboxylic acids is 1. The van der Waals surface area contributed by atoms with Gasteiger partial charge in [-0.1, -0.05) is 36.4 Å². The Balaban J connectivity index is 1.41. The molecule has 1 heterocycles. The topological polar surface area (TPSA) is 47.8 Å². The number of hydrogen-bond donors (Lipinski definition) is 0. The molecule has 0 amide bonds. The van der Waals surface area contributed by atoms with Crippen LogP contribution < -0.4 is 0 Å². The van der Waals surface area contributed by atoms with Gasteiger partial charge in [-0.15, -0.1) is 5.10 Å². The van der Waals surface area contributed by atoms with Gasteiger partial charge in [0.05, 0.1) is 17.9 Å². The lowest BCUT2D eigenvalue weighted by atomic mass is 9.97. The third-order valence-electron chi connectivity index (χ3n) is 6.76. The first-order valence-electron chi connectivity index (χ1n) is 11.2. The molecular weight excluding hydrogens is 408 g/mol. The third kappa shape index (κ3) is 3.78. The molecule has 0 radical (unpaired) electrons. The van der Waals surface area contributed by atoms with Crippen molar-refractivity contribution in [2.45, 2.75) is 51.5 Å². The van der Waals surface area contributed by atoms with Crippen molar-refractivity contribution in [2.75, 3.05) is 0 Å². The molecule has 5 rings (SSSR count). The fraction of sp³-hybridized carbons (Fsp3) is 0.346. The van der Waals surface area contributed by atoms with Crippen LogP contribution in [0.2, 0.25) is 0 Å². The van der Waals surface area contributed by atoms with Gasteiger partial charge in [0, 0.05) is 29.5 Å². The molecule has 0 unspecified atom stereocenters. The second kappa shape index (κ2) is 8.41. The summed E-state index contributed by atoms with van der Waals surface area (Å²) in [5, 5.41) is 8.33. The molecule has 0 saturated heterocycles. The number of benzene rings is 2. The summed E-state index contributed by atoms with van der Waals surface area (Å²) in [6.07, 6.45) is 10.2. The molecule has 2 aliphatic carbocycles. The van der Waals surface area contributed by atoms with E-state index in [0.717, 1.165) is 36.1 Å². The zero-order valence-electron chi connectivity index (χ0n) is 18.0. The third-order valence-corrected chi connectivity index (χ3v) is 6.76. The maximum absolute atomic E-state index is 15.1. The van der Waals surface area contributed by atoms with Gasteiger partial charge in [0.1, 0.15) is 17.4 Å². The Morgan fingerprint density at radius 1 is 1.12 bits per heavy atom. The molecule has 32 heavy (non-hydrogen) atoms. The number of carbonyl (C=O) groups is 1. The molecule has 0 aliphatic heterocycles. The number of hydrogen-bond acceptors (Lipinski definition) is 3. The van der Waals surface area contributed by atoms with Crippen LogP contribution in [0.1, 0.15) is 56.2 Å². The van der Waals surface area contributed by atoms with Crippen molar-refractivity contribution in [2.24, 2.45) is 5.92 Å². The summed E-state index contributed by atoms with van der Waals surface area (Å²) in [6, 6.07) is 8.21. The standard InChI is InChI=1S/C26H25F2N3O/c1-2-21(32)11-16-6-8-20(10-16)31-26(15-29-30-31)19-7-9-22(24(27)14-19)23-12-17-4-3-5-18(17)13-25(23)28/h3-4,7,9,12-16,20H,2,5-6,8,10-11H2,1H3/t16-,20+/m0/s1. The number of fused-ring (bicyclic) bond motifs is 1. The molecule has 2 atom stereocenters. The zero-order chi connectivity index (χ0) is 22.2. The number of halogens is 2. The molecule has 4 nitrogen and oxygen atoms in total. The van der Waals surface area contributed by atoms with Crippen LogP contribution in [0.3, 0.4) is 0 Å². The molecule has 1 saturated carbocycles. The second-order valence-corrected chi connectivity index (χ2v) is 8.83. The maximum Gasteiger partial charge on any atom is 0.132 e. The quantitative estimate of drug-likeness (QED) is 0.467. The van der Waals surface area contributed by atoms with Crippen molar-refractivity contribution >= 4 is 11.9 Å². The average Bonchev–Trinajstić information content (AvgIpc) is 3.53. The highest BCUT2D eigenvalue weighted by Gasteiger charge is 2.29. The van der Waals surface area contributed by atoms with Crippen LogP contribution in [0.4, 0.5) is 8.78 Å². The predicted octanol–water partition coefficient (Wildman–Crippen LogP) is 6.17. The summed E-state index contributed by atoms with van der Waals surface area (Å²) in [5.41, 5.74) is 3.77. The highest BCUT2D eigenvalue weighted by Crippen LogP contribution is 2.39. The highest BCUT2D eigenvalue weighted by atomic mass is 19.1.